The molecule has 0 spiro atoms. The Hall–Kier alpha value is -2.60. The van der Waals surface area contributed by atoms with E-state index in [0.29, 0.717) is 0 Å². The standard InChI is InChI=1S/C15H11NO2/c1-11-4-6-14(15(17)18)9-13(11)7-5-12-3-2-8-16-10-12/h2-4,6,8-10H,1H3,(H,17,18). The third-order valence-corrected chi connectivity index (χ3v) is 2.49. The van der Waals surface area contributed by atoms with Gasteiger partial charge in [-0.05, 0) is 36.8 Å². The van der Waals surface area contributed by atoms with Crippen LogP contribution in [-0.2, 0) is 0 Å². The second-order valence-corrected chi connectivity index (χ2v) is 3.83. The number of hydrogen-bond acceptors (Lipinski definition) is 2. The summed E-state index contributed by atoms with van der Waals surface area (Å²) in [5.74, 6) is 4.99. The zero-order chi connectivity index (χ0) is 13.0. The molecule has 0 unspecified atom stereocenters. The second-order valence-electron chi connectivity index (χ2n) is 3.83. The van der Waals surface area contributed by atoms with Gasteiger partial charge in [0, 0.05) is 23.5 Å². The van der Waals surface area contributed by atoms with E-state index in [0.717, 1.165) is 16.7 Å². The fourth-order valence-electron chi connectivity index (χ4n) is 1.47. The molecule has 0 aliphatic carbocycles. The number of nitrogens with zero attached hydrogens (tertiary/aromatic N) is 1. The first-order valence-electron chi connectivity index (χ1n) is 5.43. The van der Waals surface area contributed by atoms with Crippen molar-refractivity contribution in [1.29, 1.82) is 0 Å². The van der Waals surface area contributed by atoms with Crippen LogP contribution in [0, 0.1) is 18.8 Å². The van der Waals surface area contributed by atoms with Gasteiger partial charge in [0.15, 0.2) is 0 Å². The molecule has 0 saturated heterocycles. The third-order valence-electron chi connectivity index (χ3n) is 2.49. The Bertz CT molecular complexity index is 637. The predicted octanol–water partition coefficient (Wildman–Crippen LogP) is 2.49. The summed E-state index contributed by atoms with van der Waals surface area (Å²) in [4.78, 5) is 14.8. The van der Waals surface area contributed by atoms with Crippen molar-refractivity contribution >= 4 is 5.97 Å². The van der Waals surface area contributed by atoms with Gasteiger partial charge in [-0.1, -0.05) is 17.9 Å². The van der Waals surface area contributed by atoms with E-state index in [9.17, 15) is 4.79 Å². The van der Waals surface area contributed by atoms with Gasteiger partial charge in [-0.15, -0.1) is 0 Å². The van der Waals surface area contributed by atoms with Crippen LogP contribution in [0.25, 0.3) is 0 Å². The number of rotatable bonds is 1. The molecule has 2 rings (SSSR count). The van der Waals surface area contributed by atoms with Crippen LogP contribution in [0.5, 0.6) is 0 Å². The van der Waals surface area contributed by atoms with Gasteiger partial charge in [0.05, 0.1) is 5.56 Å². The van der Waals surface area contributed by atoms with Crippen LogP contribution in [0.4, 0.5) is 0 Å². The average molecular weight is 237 g/mol. The highest BCUT2D eigenvalue weighted by Crippen LogP contribution is 2.10. The van der Waals surface area contributed by atoms with Gasteiger partial charge < -0.3 is 5.11 Å². The molecule has 3 heteroatoms. The van der Waals surface area contributed by atoms with Crippen molar-refractivity contribution in [3.63, 3.8) is 0 Å². The molecule has 0 aliphatic heterocycles. The number of carboxylic acids is 1. The largest absolute Gasteiger partial charge is 0.478 e. The van der Waals surface area contributed by atoms with Crippen LogP contribution < -0.4 is 0 Å². The lowest BCUT2D eigenvalue weighted by Crippen LogP contribution is -1.97. The van der Waals surface area contributed by atoms with Crippen LogP contribution >= 0.6 is 0 Å². The van der Waals surface area contributed by atoms with Gasteiger partial charge >= 0.3 is 5.97 Å². The summed E-state index contributed by atoms with van der Waals surface area (Å²) in [6.45, 7) is 1.90. The van der Waals surface area contributed by atoms with Gasteiger partial charge in [0.2, 0.25) is 0 Å². The Morgan fingerprint density at radius 3 is 2.78 bits per heavy atom. The van der Waals surface area contributed by atoms with Gasteiger partial charge in [0.1, 0.15) is 0 Å². The van der Waals surface area contributed by atoms with Crippen LogP contribution in [-0.4, -0.2) is 16.1 Å². The van der Waals surface area contributed by atoms with Crippen LogP contribution in [0.15, 0.2) is 42.7 Å². The monoisotopic (exact) mass is 237 g/mol. The summed E-state index contributed by atoms with van der Waals surface area (Å²) in [6.07, 6.45) is 3.35. The number of benzene rings is 1. The van der Waals surface area contributed by atoms with E-state index in [1.54, 1.807) is 30.6 Å². The molecule has 0 aliphatic rings. The Balaban J connectivity index is 2.38. The Morgan fingerprint density at radius 2 is 2.11 bits per heavy atom. The lowest BCUT2D eigenvalue weighted by molar-refractivity contribution is 0.0697. The molecule has 0 saturated carbocycles. The highest BCUT2D eigenvalue weighted by atomic mass is 16.4. The zero-order valence-electron chi connectivity index (χ0n) is 9.84. The number of carbonyl (C=O) groups is 1. The van der Waals surface area contributed by atoms with Gasteiger partial charge in [0.25, 0.3) is 0 Å². The highest BCUT2D eigenvalue weighted by molar-refractivity contribution is 5.88. The second kappa shape index (κ2) is 5.15. The minimum Gasteiger partial charge on any atom is -0.478 e. The van der Waals surface area contributed by atoms with Crippen molar-refractivity contribution in [3.05, 3.63) is 65.0 Å². The predicted molar refractivity (Wildman–Crippen MR) is 68.4 cm³/mol. The first-order chi connectivity index (χ1) is 8.66. The number of aryl methyl sites for hydroxylation is 1. The van der Waals surface area contributed by atoms with Crippen molar-refractivity contribution in [2.24, 2.45) is 0 Å². The van der Waals surface area contributed by atoms with Crippen molar-refractivity contribution in [3.8, 4) is 11.8 Å². The van der Waals surface area contributed by atoms with Gasteiger partial charge in [-0.3, -0.25) is 4.98 Å². The average Bonchev–Trinajstić information content (AvgIpc) is 2.38. The number of aromatic carboxylic acids is 1. The molecule has 18 heavy (non-hydrogen) atoms. The van der Waals surface area contributed by atoms with Gasteiger partial charge in [-0.2, -0.15) is 0 Å². The summed E-state index contributed by atoms with van der Waals surface area (Å²) in [5, 5.41) is 8.93. The maximum atomic E-state index is 10.9. The summed E-state index contributed by atoms with van der Waals surface area (Å²) < 4.78 is 0. The quantitative estimate of drug-likeness (QED) is 0.775. The van der Waals surface area contributed by atoms with E-state index in [2.05, 4.69) is 16.8 Å². The summed E-state index contributed by atoms with van der Waals surface area (Å²) in [5.41, 5.74) is 2.73. The number of pyridine rings is 1. The van der Waals surface area contributed by atoms with Crippen LogP contribution in [0.1, 0.15) is 27.0 Å². The molecule has 0 bridgehead atoms. The lowest BCUT2D eigenvalue weighted by atomic mass is 10.1. The van der Waals surface area contributed by atoms with E-state index < -0.39 is 5.97 Å². The molecule has 88 valence electrons. The highest BCUT2D eigenvalue weighted by Gasteiger charge is 2.04. The van der Waals surface area contributed by atoms with Crippen molar-refractivity contribution in [2.75, 3.05) is 0 Å². The topological polar surface area (TPSA) is 50.2 Å². The van der Waals surface area contributed by atoms with E-state index in [4.69, 9.17) is 5.11 Å². The smallest absolute Gasteiger partial charge is 0.335 e. The first-order valence-corrected chi connectivity index (χ1v) is 5.43. The SMILES string of the molecule is Cc1ccc(C(=O)O)cc1C#Cc1cccnc1. The fraction of sp³-hybridized carbons (Fsp3) is 0.0667. The molecule has 3 nitrogen and oxygen atoms in total. The molecule has 0 amide bonds. The normalized spacial score (nSPS) is 9.39. The molecule has 0 radical (unpaired) electrons. The molecule has 1 N–H and O–H groups in total. The number of hydrogen-bond donors (Lipinski definition) is 1. The third kappa shape index (κ3) is 2.74. The molecule has 0 atom stereocenters. The molecule has 0 fully saturated rings. The summed E-state index contributed by atoms with van der Waals surface area (Å²) in [6, 6.07) is 8.59. The summed E-state index contributed by atoms with van der Waals surface area (Å²) in [7, 11) is 0. The number of carboxylic acid groups (broad SMARTS) is 1. The molecular weight excluding hydrogens is 226 g/mol. The molecule has 1 heterocycles. The minimum absolute atomic E-state index is 0.246. The minimum atomic E-state index is -0.945. The molecule has 2 aromatic rings. The summed E-state index contributed by atoms with van der Waals surface area (Å²) >= 11 is 0. The first kappa shape index (κ1) is 11.9. The maximum absolute atomic E-state index is 10.9. The lowest BCUT2D eigenvalue weighted by Gasteiger charge is -1.99. The Kier molecular flexibility index (Phi) is 3.40. The van der Waals surface area contributed by atoms with Crippen LogP contribution in [0.2, 0.25) is 0 Å². The number of aromatic nitrogens is 1. The molecule has 1 aromatic carbocycles. The Morgan fingerprint density at radius 1 is 1.28 bits per heavy atom. The zero-order valence-corrected chi connectivity index (χ0v) is 9.84. The van der Waals surface area contributed by atoms with E-state index >= 15 is 0 Å². The van der Waals surface area contributed by atoms with E-state index in [1.807, 2.05) is 19.1 Å². The van der Waals surface area contributed by atoms with Crippen molar-refractivity contribution in [1.82, 2.24) is 4.98 Å². The Labute approximate surface area is 105 Å². The molecule has 1 aromatic heterocycles. The van der Waals surface area contributed by atoms with E-state index in [-0.39, 0.29) is 5.56 Å². The van der Waals surface area contributed by atoms with Crippen molar-refractivity contribution in [2.45, 2.75) is 6.92 Å². The van der Waals surface area contributed by atoms with Gasteiger partial charge in [-0.25, -0.2) is 4.79 Å². The van der Waals surface area contributed by atoms with E-state index in [1.165, 1.54) is 0 Å². The fourth-order valence-corrected chi connectivity index (χ4v) is 1.47. The maximum Gasteiger partial charge on any atom is 0.335 e. The van der Waals surface area contributed by atoms with Crippen molar-refractivity contribution < 1.29 is 9.90 Å². The van der Waals surface area contributed by atoms with Crippen LogP contribution in [0.3, 0.4) is 0 Å². The molecular formula is C15H11NO2.